The Morgan fingerprint density at radius 2 is 1.78 bits per heavy atom. The largest absolute Gasteiger partial charge is 0.486 e. The molecule has 0 bridgehead atoms. The van der Waals surface area contributed by atoms with Crippen LogP contribution in [-0.2, 0) is 11.4 Å². The average Bonchev–Trinajstić information content (AvgIpc) is 2.74. The third kappa shape index (κ3) is 5.80. The Hall–Kier alpha value is -3.04. The van der Waals surface area contributed by atoms with E-state index in [2.05, 4.69) is 5.32 Å². The Morgan fingerprint density at radius 3 is 2.44 bits per heavy atom. The van der Waals surface area contributed by atoms with Gasteiger partial charge in [0.05, 0.1) is 10.0 Å². The number of nitriles is 1. The molecular weight excluding hydrogens is 474 g/mol. The number of amides is 1. The number of rotatable bonds is 6. The van der Waals surface area contributed by atoms with Crippen molar-refractivity contribution in [3.05, 3.63) is 97.7 Å². The van der Waals surface area contributed by atoms with Gasteiger partial charge in [-0.05, 0) is 66.1 Å². The lowest BCUT2D eigenvalue weighted by Crippen LogP contribution is -2.14. The van der Waals surface area contributed by atoms with Crippen molar-refractivity contribution in [2.45, 2.75) is 13.5 Å². The molecule has 0 unspecified atom stereocenters. The van der Waals surface area contributed by atoms with Crippen LogP contribution >= 0.6 is 34.8 Å². The van der Waals surface area contributed by atoms with Crippen molar-refractivity contribution in [2.24, 2.45) is 0 Å². The van der Waals surface area contributed by atoms with Crippen molar-refractivity contribution in [3.63, 3.8) is 0 Å². The van der Waals surface area contributed by atoms with E-state index in [9.17, 15) is 14.4 Å². The standard InChI is InChI=1S/C24H16Cl3FN2O2/c1-14-19(25)6-3-7-22(14)30-24(31)17(12-29)8-16-10-20(26)23(21(27)11-16)32-13-15-4-2-5-18(28)9-15/h2-11H,13H2,1H3,(H,30,31)/b17-8-. The number of halogens is 4. The van der Waals surface area contributed by atoms with Crippen LogP contribution in [0.4, 0.5) is 10.1 Å². The molecule has 1 amide bonds. The van der Waals surface area contributed by atoms with Crippen LogP contribution in [0.2, 0.25) is 15.1 Å². The van der Waals surface area contributed by atoms with Crippen molar-refractivity contribution in [3.8, 4) is 11.8 Å². The fraction of sp³-hybridized carbons (Fsp3) is 0.0833. The molecule has 32 heavy (non-hydrogen) atoms. The minimum atomic E-state index is -0.600. The molecule has 3 rings (SSSR count). The SMILES string of the molecule is Cc1c(Cl)cccc1NC(=O)/C(C#N)=C\c1cc(Cl)c(OCc2cccc(F)c2)c(Cl)c1. The highest BCUT2D eigenvalue weighted by Crippen LogP contribution is 2.35. The third-order valence-corrected chi connectivity index (χ3v) is 5.46. The first-order valence-electron chi connectivity index (χ1n) is 9.33. The quantitative estimate of drug-likeness (QED) is 0.294. The molecule has 0 aliphatic heterocycles. The number of hydrogen-bond acceptors (Lipinski definition) is 3. The smallest absolute Gasteiger partial charge is 0.266 e. The van der Waals surface area contributed by atoms with E-state index in [-0.39, 0.29) is 33.8 Å². The van der Waals surface area contributed by atoms with Crippen LogP contribution in [0.15, 0.2) is 60.2 Å². The monoisotopic (exact) mass is 488 g/mol. The van der Waals surface area contributed by atoms with E-state index >= 15 is 0 Å². The van der Waals surface area contributed by atoms with Gasteiger partial charge in [0.1, 0.15) is 24.1 Å². The minimum Gasteiger partial charge on any atom is -0.486 e. The Morgan fingerprint density at radius 1 is 1.09 bits per heavy atom. The summed E-state index contributed by atoms with van der Waals surface area (Å²) in [4.78, 5) is 12.6. The van der Waals surface area contributed by atoms with Crippen molar-refractivity contribution in [2.75, 3.05) is 5.32 Å². The number of carbonyl (C=O) groups is 1. The Kier molecular flexibility index (Phi) is 7.76. The summed E-state index contributed by atoms with van der Waals surface area (Å²) >= 11 is 18.7. The molecule has 162 valence electrons. The van der Waals surface area contributed by atoms with Crippen molar-refractivity contribution >= 4 is 52.5 Å². The number of hydrogen-bond donors (Lipinski definition) is 1. The summed E-state index contributed by atoms with van der Waals surface area (Å²) in [5.41, 5.74) is 2.09. The Balaban J connectivity index is 1.79. The number of benzene rings is 3. The number of nitrogens with zero attached hydrogens (tertiary/aromatic N) is 1. The molecule has 0 radical (unpaired) electrons. The zero-order valence-corrected chi connectivity index (χ0v) is 19.0. The summed E-state index contributed by atoms with van der Waals surface area (Å²) in [6.07, 6.45) is 1.36. The van der Waals surface area contributed by atoms with Crippen LogP contribution < -0.4 is 10.1 Å². The molecule has 0 saturated heterocycles. The van der Waals surface area contributed by atoms with Crippen LogP contribution in [0.5, 0.6) is 5.75 Å². The zero-order valence-electron chi connectivity index (χ0n) is 16.8. The predicted octanol–water partition coefficient (Wildman–Crippen LogP) is 7.22. The lowest BCUT2D eigenvalue weighted by atomic mass is 10.1. The van der Waals surface area contributed by atoms with Gasteiger partial charge in [-0.15, -0.1) is 0 Å². The van der Waals surface area contributed by atoms with E-state index in [1.807, 2.05) is 6.07 Å². The van der Waals surface area contributed by atoms with Gasteiger partial charge in [-0.3, -0.25) is 4.79 Å². The van der Waals surface area contributed by atoms with Gasteiger partial charge in [-0.25, -0.2) is 4.39 Å². The van der Waals surface area contributed by atoms with Gasteiger partial charge in [0.2, 0.25) is 0 Å². The molecule has 4 nitrogen and oxygen atoms in total. The van der Waals surface area contributed by atoms with Gasteiger partial charge in [0.25, 0.3) is 5.91 Å². The van der Waals surface area contributed by atoms with Crippen LogP contribution in [0.1, 0.15) is 16.7 Å². The van der Waals surface area contributed by atoms with Gasteiger partial charge in [-0.2, -0.15) is 5.26 Å². The first-order valence-corrected chi connectivity index (χ1v) is 10.5. The summed E-state index contributed by atoms with van der Waals surface area (Å²) in [7, 11) is 0. The van der Waals surface area contributed by atoms with Crippen molar-refractivity contribution in [1.29, 1.82) is 5.26 Å². The summed E-state index contributed by atoms with van der Waals surface area (Å²) in [6.45, 7) is 1.83. The maximum absolute atomic E-state index is 13.3. The number of ether oxygens (including phenoxy) is 1. The second-order valence-corrected chi connectivity index (χ2v) is 7.99. The van der Waals surface area contributed by atoms with Gasteiger partial charge < -0.3 is 10.1 Å². The fourth-order valence-electron chi connectivity index (χ4n) is 2.83. The predicted molar refractivity (Wildman–Crippen MR) is 126 cm³/mol. The summed E-state index contributed by atoms with van der Waals surface area (Å²) < 4.78 is 19.0. The molecule has 8 heteroatoms. The molecule has 0 heterocycles. The van der Waals surface area contributed by atoms with E-state index in [4.69, 9.17) is 39.5 Å². The fourth-order valence-corrected chi connectivity index (χ4v) is 3.62. The lowest BCUT2D eigenvalue weighted by Gasteiger charge is -2.12. The molecule has 0 aliphatic rings. The summed E-state index contributed by atoms with van der Waals surface area (Å²) in [5.74, 6) is -0.761. The molecule has 0 atom stereocenters. The van der Waals surface area contributed by atoms with E-state index in [0.717, 1.165) is 0 Å². The van der Waals surface area contributed by atoms with Gasteiger partial charge >= 0.3 is 0 Å². The molecule has 0 aromatic heterocycles. The van der Waals surface area contributed by atoms with Crippen LogP contribution in [0.25, 0.3) is 6.08 Å². The third-order valence-electron chi connectivity index (χ3n) is 4.48. The van der Waals surface area contributed by atoms with Crippen LogP contribution in [0, 0.1) is 24.1 Å². The van der Waals surface area contributed by atoms with Crippen LogP contribution in [0.3, 0.4) is 0 Å². The second kappa shape index (κ2) is 10.5. The summed E-state index contributed by atoms with van der Waals surface area (Å²) in [5, 5.41) is 13.0. The highest BCUT2D eigenvalue weighted by molar-refractivity contribution is 6.37. The lowest BCUT2D eigenvalue weighted by molar-refractivity contribution is -0.112. The van der Waals surface area contributed by atoms with E-state index in [1.165, 1.54) is 30.3 Å². The Labute approximate surface area is 199 Å². The highest BCUT2D eigenvalue weighted by atomic mass is 35.5. The first-order chi connectivity index (χ1) is 15.3. The zero-order chi connectivity index (χ0) is 23.3. The van der Waals surface area contributed by atoms with Crippen molar-refractivity contribution in [1.82, 2.24) is 0 Å². The number of anilines is 1. The van der Waals surface area contributed by atoms with E-state index in [1.54, 1.807) is 37.3 Å². The normalized spacial score (nSPS) is 11.1. The molecule has 0 aliphatic carbocycles. The van der Waals surface area contributed by atoms with Crippen molar-refractivity contribution < 1.29 is 13.9 Å². The number of nitrogens with one attached hydrogen (secondary N) is 1. The molecule has 0 spiro atoms. The summed E-state index contributed by atoms with van der Waals surface area (Å²) in [6, 6.07) is 16.0. The van der Waals surface area contributed by atoms with Gasteiger partial charge in [-0.1, -0.05) is 53.0 Å². The second-order valence-electron chi connectivity index (χ2n) is 6.77. The van der Waals surface area contributed by atoms with E-state index < -0.39 is 5.91 Å². The molecule has 3 aromatic rings. The van der Waals surface area contributed by atoms with Gasteiger partial charge in [0.15, 0.2) is 5.75 Å². The highest BCUT2D eigenvalue weighted by Gasteiger charge is 2.14. The Bertz CT molecular complexity index is 1230. The first kappa shape index (κ1) is 23.6. The average molecular weight is 490 g/mol. The van der Waals surface area contributed by atoms with Crippen LogP contribution in [-0.4, -0.2) is 5.91 Å². The molecular formula is C24H16Cl3FN2O2. The maximum atomic E-state index is 13.3. The molecule has 0 fully saturated rings. The molecule has 1 N–H and O–H groups in total. The molecule has 0 saturated carbocycles. The van der Waals surface area contributed by atoms with E-state index in [0.29, 0.717) is 27.4 Å². The topological polar surface area (TPSA) is 62.1 Å². The maximum Gasteiger partial charge on any atom is 0.266 e. The minimum absolute atomic E-state index is 0.0667. The van der Waals surface area contributed by atoms with Gasteiger partial charge in [0, 0.05) is 10.7 Å². The molecule has 3 aromatic carbocycles. The number of carbonyl (C=O) groups excluding carboxylic acids is 1.